The number of rotatable bonds is 7. The SMILES string of the molecule is Cc1cc(CNCCOCC(C)C)n(C)n1. The lowest BCUT2D eigenvalue weighted by molar-refractivity contribution is 0.111. The highest BCUT2D eigenvalue weighted by Gasteiger charge is 2.00. The van der Waals surface area contributed by atoms with Gasteiger partial charge in [-0.25, -0.2) is 0 Å². The van der Waals surface area contributed by atoms with E-state index in [1.807, 2.05) is 18.7 Å². The maximum Gasteiger partial charge on any atom is 0.0597 e. The van der Waals surface area contributed by atoms with Gasteiger partial charge in [0.05, 0.1) is 18.0 Å². The first kappa shape index (κ1) is 13.2. The van der Waals surface area contributed by atoms with Crippen molar-refractivity contribution in [2.75, 3.05) is 19.8 Å². The Hall–Kier alpha value is -0.870. The molecular formula is C12H23N3O. The Balaban J connectivity index is 2.09. The summed E-state index contributed by atoms with van der Waals surface area (Å²) in [5.74, 6) is 0.611. The third-order valence-corrected chi connectivity index (χ3v) is 2.28. The number of hydrogen-bond acceptors (Lipinski definition) is 3. The van der Waals surface area contributed by atoms with Crippen molar-refractivity contribution < 1.29 is 4.74 Å². The van der Waals surface area contributed by atoms with Crippen molar-refractivity contribution in [3.05, 3.63) is 17.5 Å². The molecule has 1 rings (SSSR count). The van der Waals surface area contributed by atoms with Crippen LogP contribution in [0.3, 0.4) is 0 Å². The molecule has 0 aliphatic rings. The Morgan fingerprint density at radius 3 is 2.81 bits per heavy atom. The summed E-state index contributed by atoms with van der Waals surface area (Å²) < 4.78 is 7.40. The molecule has 0 bridgehead atoms. The van der Waals surface area contributed by atoms with E-state index in [4.69, 9.17) is 4.74 Å². The quantitative estimate of drug-likeness (QED) is 0.715. The van der Waals surface area contributed by atoms with Crippen molar-refractivity contribution in [2.24, 2.45) is 13.0 Å². The Morgan fingerprint density at radius 2 is 2.25 bits per heavy atom. The summed E-state index contributed by atoms with van der Waals surface area (Å²) in [4.78, 5) is 0. The van der Waals surface area contributed by atoms with Crippen molar-refractivity contribution in [3.8, 4) is 0 Å². The van der Waals surface area contributed by atoms with Gasteiger partial charge in [-0.2, -0.15) is 5.10 Å². The van der Waals surface area contributed by atoms with Gasteiger partial charge in [0.25, 0.3) is 0 Å². The first-order valence-corrected chi connectivity index (χ1v) is 5.87. The molecule has 0 unspecified atom stereocenters. The average Bonchev–Trinajstić information content (AvgIpc) is 2.50. The molecule has 4 nitrogen and oxygen atoms in total. The number of aryl methyl sites for hydroxylation is 2. The van der Waals surface area contributed by atoms with Crippen LogP contribution in [0.2, 0.25) is 0 Å². The van der Waals surface area contributed by atoms with Crippen LogP contribution < -0.4 is 5.32 Å². The van der Waals surface area contributed by atoms with E-state index in [0.29, 0.717) is 5.92 Å². The molecule has 16 heavy (non-hydrogen) atoms. The Kier molecular flexibility index (Phi) is 5.49. The molecule has 0 aliphatic carbocycles. The van der Waals surface area contributed by atoms with Crippen LogP contribution in [0.15, 0.2) is 6.07 Å². The molecule has 0 saturated heterocycles. The summed E-state index contributed by atoms with van der Waals surface area (Å²) in [7, 11) is 1.97. The fraction of sp³-hybridized carbons (Fsp3) is 0.750. The minimum absolute atomic E-state index is 0.611. The van der Waals surface area contributed by atoms with E-state index in [1.54, 1.807) is 0 Å². The highest BCUT2D eigenvalue weighted by atomic mass is 16.5. The molecule has 1 aromatic rings. The number of nitrogens with one attached hydrogen (secondary N) is 1. The van der Waals surface area contributed by atoms with Gasteiger partial charge in [0.1, 0.15) is 0 Å². The first-order valence-electron chi connectivity index (χ1n) is 5.87. The van der Waals surface area contributed by atoms with Gasteiger partial charge in [-0.15, -0.1) is 0 Å². The van der Waals surface area contributed by atoms with Crippen LogP contribution in [-0.2, 0) is 18.3 Å². The molecule has 0 spiro atoms. The highest BCUT2D eigenvalue weighted by Crippen LogP contribution is 2.00. The molecular weight excluding hydrogens is 202 g/mol. The van der Waals surface area contributed by atoms with Gasteiger partial charge in [-0.1, -0.05) is 13.8 Å². The lowest BCUT2D eigenvalue weighted by Gasteiger charge is -2.08. The van der Waals surface area contributed by atoms with Crippen molar-refractivity contribution in [1.29, 1.82) is 0 Å². The van der Waals surface area contributed by atoms with Crippen LogP contribution >= 0.6 is 0 Å². The van der Waals surface area contributed by atoms with E-state index in [-0.39, 0.29) is 0 Å². The van der Waals surface area contributed by atoms with E-state index in [9.17, 15) is 0 Å². The maximum atomic E-state index is 5.48. The molecule has 0 atom stereocenters. The van der Waals surface area contributed by atoms with Crippen LogP contribution in [0.4, 0.5) is 0 Å². The predicted molar refractivity (Wildman–Crippen MR) is 65.3 cm³/mol. The van der Waals surface area contributed by atoms with Crippen LogP contribution in [0.5, 0.6) is 0 Å². The molecule has 1 heterocycles. The van der Waals surface area contributed by atoms with E-state index < -0.39 is 0 Å². The predicted octanol–water partition coefficient (Wildman–Crippen LogP) is 1.49. The minimum atomic E-state index is 0.611. The molecule has 1 N–H and O–H groups in total. The third kappa shape index (κ3) is 4.77. The zero-order valence-corrected chi connectivity index (χ0v) is 10.8. The molecule has 0 saturated carbocycles. The van der Waals surface area contributed by atoms with E-state index >= 15 is 0 Å². The second-order valence-electron chi connectivity index (χ2n) is 4.55. The van der Waals surface area contributed by atoms with Crippen LogP contribution in [0.1, 0.15) is 25.2 Å². The zero-order valence-electron chi connectivity index (χ0n) is 10.8. The standard InChI is InChI=1S/C12H23N3O/c1-10(2)9-16-6-5-13-8-12-7-11(3)14-15(12)4/h7,10,13H,5-6,8-9H2,1-4H3. The van der Waals surface area contributed by atoms with Gasteiger partial charge >= 0.3 is 0 Å². The van der Waals surface area contributed by atoms with E-state index in [2.05, 4.69) is 30.3 Å². The first-order chi connectivity index (χ1) is 7.59. The largest absolute Gasteiger partial charge is 0.380 e. The van der Waals surface area contributed by atoms with Crippen LogP contribution in [-0.4, -0.2) is 29.5 Å². The van der Waals surface area contributed by atoms with Gasteiger partial charge in [-0.05, 0) is 18.9 Å². The van der Waals surface area contributed by atoms with Gasteiger partial charge in [0.2, 0.25) is 0 Å². The lowest BCUT2D eigenvalue weighted by atomic mass is 10.2. The van der Waals surface area contributed by atoms with Gasteiger partial charge in [0.15, 0.2) is 0 Å². The molecule has 4 heteroatoms. The normalized spacial score (nSPS) is 11.3. The van der Waals surface area contributed by atoms with Gasteiger partial charge < -0.3 is 10.1 Å². The summed E-state index contributed by atoms with van der Waals surface area (Å²) in [6.07, 6.45) is 0. The summed E-state index contributed by atoms with van der Waals surface area (Å²) >= 11 is 0. The zero-order chi connectivity index (χ0) is 12.0. The molecule has 1 aromatic heterocycles. The second-order valence-corrected chi connectivity index (χ2v) is 4.55. The molecule has 0 aromatic carbocycles. The van der Waals surface area contributed by atoms with E-state index in [0.717, 1.165) is 32.0 Å². The summed E-state index contributed by atoms with van der Waals surface area (Å²) in [6, 6.07) is 2.10. The Bertz CT molecular complexity index is 307. The average molecular weight is 225 g/mol. The maximum absolute atomic E-state index is 5.48. The number of aromatic nitrogens is 2. The number of nitrogens with zero attached hydrogens (tertiary/aromatic N) is 2. The van der Waals surface area contributed by atoms with Gasteiger partial charge in [0, 0.05) is 26.7 Å². The smallest absolute Gasteiger partial charge is 0.0597 e. The lowest BCUT2D eigenvalue weighted by Crippen LogP contribution is -2.21. The summed E-state index contributed by atoms with van der Waals surface area (Å²) in [6.45, 7) is 9.67. The minimum Gasteiger partial charge on any atom is -0.380 e. The topological polar surface area (TPSA) is 39.1 Å². The number of ether oxygens (including phenoxy) is 1. The summed E-state index contributed by atoms with van der Waals surface area (Å²) in [5, 5.41) is 7.64. The molecule has 0 radical (unpaired) electrons. The fourth-order valence-corrected chi connectivity index (χ4v) is 1.51. The Labute approximate surface area is 98.0 Å². The summed E-state index contributed by atoms with van der Waals surface area (Å²) in [5.41, 5.74) is 2.27. The highest BCUT2D eigenvalue weighted by molar-refractivity contribution is 5.08. The molecule has 0 amide bonds. The second kappa shape index (κ2) is 6.66. The number of hydrogen-bond donors (Lipinski definition) is 1. The van der Waals surface area contributed by atoms with Crippen molar-refractivity contribution in [2.45, 2.75) is 27.3 Å². The van der Waals surface area contributed by atoms with Crippen molar-refractivity contribution in [1.82, 2.24) is 15.1 Å². The molecule has 0 fully saturated rings. The monoisotopic (exact) mass is 225 g/mol. The fourth-order valence-electron chi connectivity index (χ4n) is 1.51. The molecule has 0 aliphatic heterocycles. The van der Waals surface area contributed by atoms with Gasteiger partial charge in [-0.3, -0.25) is 4.68 Å². The van der Waals surface area contributed by atoms with Crippen LogP contribution in [0.25, 0.3) is 0 Å². The third-order valence-electron chi connectivity index (χ3n) is 2.28. The Morgan fingerprint density at radius 1 is 1.50 bits per heavy atom. The van der Waals surface area contributed by atoms with E-state index in [1.165, 1.54) is 5.69 Å². The van der Waals surface area contributed by atoms with Crippen LogP contribution in [0, 0.1) is 12.8 Å². The molecule has 92 valence electrons. The van der Waals surface area contributed by atoms with Crippen molar-refractivity contribution >= 4 is 0 Å². The van der Waals surface area contributed by atoms with Crippen molar-refractivity contribution in [3.63, 3.8) is 0 Å².